The fourth-order valence-corrected chi connectivity index (χ4v) is 3.78. The Balaban J connectivity index is 1.61. The summed E-state index contributed by atoms with van der Waals surface area (Å²) in [6, 6.07) is 9.64. The van der Waals surface area contributed by atoms with Crippen molar-refractivity contribution in [3.05, 3.63) is 80.1 Å². The molecule has 1 aromatic carbocycles. The highest BCUT2D eigenvalue weighted by molar-refractivity contribution is 7.18. The quantitative estimate of drug-likeness (QED) is 0.510. The number of halogens is 1. The molecule has 0 aliphatic rings. The summed E-state index contributed by atoms with van der Waals surface area (Å²) in [5.41, 5.74) is 0.806. The number of benzene rings is 1. The molecule has 2 N–H and O–H groups in total. The van der Waals surface area contributed by atoms with Crippen molar-refractivity contribution in [3.8, 4) is 5.69 Å². The fourth-order valence-electron chi connectivity index (χ4n) is 2.83. The van der Waals surface area contributed by atoms with Gasteiger partial charge in [-0.25, -0.2) is 0 Å². The number of thiophene rings is 1. The van der Waals surface area contributed by atoms with Crippen LogP contribution in [0, 0.1) is 0 Å². The lowest BCUT2D eigenvalue weighted by atomic mass is 10.1. The summed E-state index contributed by atoms with van der Waals surface area (Å²) in [4.78, 5) is 41.1. The van der Waals surface area contributed by atoms with Gasteiger partial charge >= 0.3 is 0 Å². The van der Waals surface area contributed by atoms with Gasteiger partial charge in [0.2, 0.25) is 0 Å². The van der Waals surface area contributed by atoms with Gasteiger partial charge in [-0.3, -0.25) is 23.9 Å². The van der Waals surface area contributed by atoms with E-state index in [1.54, 1.807) is 49.7 Å². The van der Waals surface area contributed by atoms with Crippen molar-refractivity contribution in [3.63, 3.8) is 0 Å². The number of aromatic nitrogens is 2. The van der Waals surface area contributed by atoms with E-state index in [0.29, 0.717) is 33.5 Å². The minimum absolute atomic E-state index is 0.235. The Kier molecular flexibility index (Phi) is 7.94. The number of ether oxygens (including phenoxy) is 1. The van der Waals surface area contributed by atoms with Gasteiger partial charge in [-0.1, -0.05) is 11.6 Å². The molecule has 10 heteroatoms. The lowest BCUT2D eigenvalue weighted by Crippen LogP contribution is -2.44. The third kappa shape index (κ3) is 6.24. The highest BCUT2D eigenvalue weighted by Crippen LogP contribution is 2.21. The van der Waals surface area contributed by atoms with Crippen LogP contribution in [0.2, 0.25) is 4.34 Å². The van der Waals surface area contributed by atoms with Crippen LogP contribution in [-0.2, 0) is 4.74 Å². The Labute approximate surface area is 187 Å². The number of nitrogens with one attached hydrogen (secondary N) is 2. The molecule has 8 nitrogen and oxygen atoms in total. The number of carbonyl (C=O) groups is 2. The van der Waals surface area contributed by atoms with Crippen LogP contribution in [0.4, 0.5) is 0 Å². The molecule has 0 bridgehead atoms. The van der Waals surface area contributed by atoms with Crippen molar-refractivity contribution in [2.24, 2.45) is 0 Å². The van der Waals surface area contributed by atoms with E-state index in [9.17, 15) is 14.4 Å². The third-order valence-corrected chi connectivity index (χ3v) is 5.67. The van der Waals surface area contributed by atoms with Crippen LogP contribution in [0.1, 0.15) is 26.5 Å². The van der Waals surface area contributed by atoms with E-state index in [0.717, 1.165) is 0 Å². The molecule has 0 fully saturated rings. The first-order valence-corrected chi connectivity index (χ1v) is 10.6. The van der Waals surface area contributed by atoms with Crippen LogP contribution in [0.5, 0.6) is 0 Å². The number of amides is 2. The van der Waals surface area contributed by atoms with Crippen LogP contribution in [0.3, 0.4) is 0 Å². The Hall–Kier alpha value is -3.01. The maximum absolute atomic E-state index is 12.5. The zero-order chi connectivity index (χ0) is 22.2. The standard InChI is InChI=1S/C21H21ClN4O4S/c1-30-11-8-15(25-21(29)17-6-7-18(22)31-17)12-24-20(28)14-2-4-16(5-3-14)26-10-9-23-13-19(26)27/h2-7,9-10,13,15H,8,11-12H2,1H3,(H,24,28)(H,25,29). The largest absolute Gasteiger partial charge is 0.385 e. The molecule has 1 unspecified atom stereocenters. The summed E-state index contributed by atoms with van der Waals surface area (Å²) >= 11 is 7.08. The molecule has 0 radical (unpaired) electrons. The molecule has 1 atom stereocenters. The number of carbonyl (C=O) groups excluding carboxylic acids is 2. The molecule has 162 valence electrons. The Morgan fingerprint density at radius 3 is 2.61 bits per heavy atom. The second-order valence-corrected chi connectivity index (χ2v) is 8.31. The van der Waals surface area contributed by atoms with Gasteiger partial charge in [0.1, 0.15) is 0 Å². The van der Waals surface area contributed by atoms with Gasteiger partial charge in [-0.05, 0) is 42.8 Å². The monoisotopic (exact) mass is 460 g/mol. The van der Waals surface area contributed by atoms with E-state index >= 15 is 0 Å². The molecule has 0 saturated carbocycles. The molecule has 0 aliphatic heterocycles. The van der Waals surface area contributed by atoms with Crippen molar-refractivity contribution < 1.29 is 14.3 Å². The molecular formula is C21H21ClN4O4S. The first kappa shape index (κ1) is 22.7. The van der Waals surface area contributed by atoms with Crippen molar-refractivity contribution in [1.29, 1.82) is 0 Å². The third-order valence-electron chi connectivity index (χ3n) is 4.44. The van der Waals surface area contributed by atoms with Crippen molar-refractivity contribution >= 4 is 34.8 Å². The first-order chi connectivity index (χ1) is 15.0. The van der Waals surface area contributed by atoms with E-state index in [2.05, 4.69) is 15.6 Å². The minimum atomic E-state index is -0.313. The van der Waals surface area contributed by atoms with Crippen LogP contribution >= 0.6 is 22.9 Å². The number of hydrogen-bond acceptors (Lipinski definition) is 6. The molecule has 2 amide bonds. The maximum Gasteiger partial charge on any atom is 0.273 e. The lowest BCUT2D eigenvalue weighted by Gasteiger charge is -2.19. The SMILES string of the molecule is COCCC(CNC(=O)c1ccc(-n2ccncc2=O)cc1)NC(=O)c1ccc(Cl)s1. The van der Waals surface area contributed by atoms with Crippen molar-refractivity contribution in [2.75, 3.05) is 20.3 Å². The van der Waals surface area contributed by atoms with Gasteiger partial charge in [0.05, 0.1) is 15.4 Å². The van der Waals surface area contributed by atoms with Gasteiger partial charge in [0.25, 0.3) is 17.4 Å². The zero-order valence-corrected chi connectivity index (χ0v) is 18.3. The van der Waals surface area contributed by atoms with Crippen LogP contribution in [0.15, 0.2) is 59.8 Å². The second-order valence-electron chi connectivity index (χ2n) is 6.60. The van der Waals surface area contributed by atoms with E-state index in [4.69, 9.17) is 16.3 Å². The summed E-state index contributed by atoms with van der Waals surface area (Å²) in [5.74, 6) is -0.538. The van der Waals surface area contributed by atoms with Gasteiger partial charge in [-0.2, -0.15) is 0 Å². The van der Waals surface area contributed by atoms with E-state index in [1.807, 2.05) is 0 Å². The predicted octanol–water partition coefficient (Wildman–Crippen LogP) is 2.51. The Morgan fingerprint density at radius 2 is 1.97 bits per heavy atom. The predicted molar refractivity (Wildman–Crippen MR) is 119 cm³/mol. The van der Waals surface area contributed by atoms with Crippen LogP contribution in [-0.4, -0.2) is 47.7 Å². The average molecular weight is 461 g/mol. The van der Waals surface area contributed by atoms with E-state index in [-0.39, 0.29) is 30.0 Å². The normalized spacial score (nSPS) is 11.7. The highest BCUT2D eigenvalue weighted by atomic mass is 35.5. The Morgan fingerprint density at radius 1 is 1.19 bits per heavy atom. The average Bonchev–Trinajstić information content (AvgIpc) is 3.22. The summed E-state index contributed by atoms with van der Waals surface area (Å²) < 4.78 is 7.07. The van der Waals surface area contributed by atoms with Gasteiger partial charge in [0.15, 0.2) is 0 Å². The maximum atomic E-state index is 12.5. The van der Waals surface area contributed by atoms with Crippen LogP contribution in [0.25, 0.3) is 5.69 Å². The molecule has 0 aliphatic carbocycles. The number of rotatable bonds is 9. The Bertz CT molecular complexity index is 1100. The topological polar surface area (TPSA) is 102 Å². The number of methoxy groups -OCH3 is 1. The van der Waals surface area contributed by atoms with Crippen molar-refractivity contribution in [1.82, 2.24) is 20.2 Å². The summed E-state index contributed by atoms with van der Waals surface area (Å²) in [7, 11) is 1.58. The summed E-state index contributed by atoms with van der Waals surface area (Å²) in [6.07, 6.45) is 4.83. The molecule has 31 heavy (non-hydrogen) atoms. The number of nitrogens with zero attached hydrogens (tertiary/aromatic N) is 2. The van der Waals surface area contributed by atoms with Gasteiger partial charge in [-0.15, -0.1) is 11.3 Å². The zero-order valence-electron chi connectivity index (χ0n) is 16.7. The fraction of sp³-hybridized carbons (Fsp3) is 0.238. The molecule has 0 spiro atoms. The number of hydrogen-bond donors (Lipinski definition) is 2. The highest BCUT2D eigenvalue weighted by Gasteiger charge is 2.17. The smallest absolute Gasteiger partial charge is 0.273 e. The molecule has 2 aromatic heterocycles. The van der Waals surface area contributed by atoms with Gasteiger partial charge < -0.3 is 15.4 Å². The lowest BCUT2D eigenvalue weighted by molar-refractivity contribution is 0.0898. The minimum Gasteiger partial charge on any atom is -0.385 e. The summed E-state index contributed by atoms with van der Waals surface area (Å²) in [5, 5.41) is 5.73. The molecule has 3 rings (SSSR count). The van der Waals surface area contributed by atoms with E-state index in [1.165, 1.54) is 28.3 Å². The van der Waals surface area contributed by atoms with E-state index < -0.39 is 0 Å². The second kappa shape index (κ2) is 10.9. The van der Waals surface area contributed by atoms with Crippen molar-refractivity contribution in [2.45, 2.75) is 12.5 Å². The molecular weight excluding hydrogens is 440 g/mol. The molecule has 0 saturated heterocycles. The molecule has 2 heterocycles. The van der Waals surface area contributed by atoms with Gasteiger partial charge in [0, 0.05) is 49.9 Å². The molecule has 3 aromatic rings. The summed E-state index contributed by atoms with van der Waals surface area (Å²) in [6.45, 7) is 0.667. The van der Waals surface area contributed by atoms with Crippen LogP contribution < -0.4 is 16.2 Å². The first-order valence-electron chi connectivity index (χ1n) is 9.44.